The molecule has 1 fully saturated rings. The molecule has 3 nitrogen and oxygen atoms in total. The average Bonchev–Trinajstić information content (AvgIpc) is 2.45. The van der Waals surface area contributed by atoms with E-state index in [4.69, 9.17) is 10.5 Å². The van der Waals surface area contributed by atoms with Crippen LogP contribution < -0.4 is 10.5 Å². The summed E-state index contributed by atoms with van der Waals surface area (Å²) in [6, 6.07) is 11.8. The lowest BCUT2D eigenvalue weighted by Crippen LogP contribution is -2.36. The third kappa shape index (κ3) is 3.07. The third-order valence-corrected chi connectivity index (χ3v) is 4.56. The lowest BCUT2D eigenvalue weighted by atomic mass is 9.77. The Morgan fingerprint density at radius 1 is 1.23 bits per heavy atom. The minimum Gasteiger partial charge on any atom is -0.494 e. The van der Waals surface area contributed by atoms with Crippen molar-refractivity contribution in [1.29, 1.82) is 0 Å². The Kier molecular flexibility index (Phi) is 5.68. The normalized spacial score (nSPS) is 17.4. The monoisotopic (exact) mass is 321 g/mol. The van der Waals surface area contributed by atoms with Gasteiger partial charge >= 0.3 is 0 Å². The Balaban J connectivity index is 0.00000176. The summed E-state index contributed by atoms with van der Waals surface area (Å²) in [7, 11) is 0. The number of halogens is 1. The maximum Gasteiger partial charge on any atom is 0.124 e. The molecule has 2 atom stereocenters. The van der Waals surface area contributed by atoms with Crippen molar-refractivity contribution in [3.8, 4) is 5.75 Å². The first-order valence-corrected chi connectivity index (χ1v) is 7.80. The van der Waals surface area contributed by atoms with Crippen LogP contribution in [0, 0.1) is 5.92 Å². The van der Waals surface area contributed by atoms with Crippen molar-refractivity contribution in [3.63, 3.8) is 0 Å². The molecule has 0 bridgehead atoms. The zero-order valence-corrected chi connectivity index (χ0v) is 13.7. The van der Waals surface area contributed by atoms with E-state index in [2.05, 4.69) is 12.1 Å². The highest BCUT2D eigenvalue weighted by Crippen LogP contribution is 2.39. The molecule has 0 unspecified atom stereocenters. The molecule has 22 heavy (non-hydrogen) atoms. The number of aliphatic hydroxyl groups excluding tert-OH is 1. The van der Waals surface area contributed by atoms with Gasteiger partial charge in [-0.25, -0.2) is 0 Å². The number of fused-ring (bicyclic) bond motifs is 1. The van der Waals surface area contributed by atoms with E-state index in [1.165, 1.54) is 6.42 Å². The van der Waals surface area contributed by atoms with E-state index in [1.807, 2.05) is 31.2 Å². The molecule has 0 heterocycles. The Labute approximate surface area is 137 Å². The number of hydrogen-bond acceptors (Lipinski definition) is 3. The molecular formula is C18H24ClNO2. The first-order valence-electron chi connectivity index (χ1n) is 7.80. The van der Waals surface area contributed by atoms with Crippen LogP contribution in [0.15, 0.2) is 36.4 Å². The van der Waals surface area contributed by atoms with Gasteiger partial charge in [0.2, 0.25) is 0 Å². The molecule has 2 aromatic rings. The second-order valence-electron chi connectivity index (χ2n) is 5.84. The van der Waals surface area contributed by atoms with Gasteiger partial charge in [-0.05, 0) is 42.5 Å². The fourth-order valence-electron chi connectivity index (χ4n) is 3.15. The Morgan fingerprint density at radius 2 is 1.95 bits per heavy atom. The standard InChI is InChI=1S/C18H23NO2.ClH/c1-2-21-15-11-10-12-6-3-4-9-14(12)16(15)17(19)18(20)13-7-5-8-13;/h3-4,6,9-11,13,17-18,20H,2,5,7-8,19H2,1H3;1H/t17-,18+;/m0./s1. The van der Waals surface area contributed by atoms with Gasteiger partial charge in [-0.2, -0.15) is 0 Å². The second-order valence-corrected chi connectivity index (χ2v) is 5.84. The summed E-state index contributed by atoms with van der Waals surface area (Å²) < 4.78 is 5.76. The largest absolute Gasteiger partial charge is 0.494 e. The SMILES string of the molecule is CCOc1ccc2ccccc2c1[C@H](N)[C@H](O)C1CCC1.Cl. The quantitative estimate of drug-likeness (QED) is 0.880. The molecule has 1 saturated carbocycles. The number of nitrogens with two attached hydrogens (primary N) is 1. The average molecular weight is 322 g/mol. The van der Waals surface area contributed by atoms with Gasteiger partial charge in [-0.15, -0.1) is 12.4 Å². The minimum atomic E-state index is -0.497. The number of hydrogen-bond donors (Lipinski definition) is 2. The van der Waals surface area contributed by atoms with Crippen molar-refractivity contribution in [3.05, 3.63) is 42.0 Å². The topological polar surface area (TPSA) is 55.5 Å². The predicted molar refractivity (Wildman–Crippen MR) is 92.6 cm³/mol. The molecule has 120 valence electrons. The van der Waals surface area contributed by atoms with Crippen molar-refractivity contribution in [2.75, 3.05) is 6.61 Å². The van der Waals surface area contributed by atoms with Crippen LogP contribution in [0.3, 0.4) is 0 Å². The van der Waals surface area contributed by atoms with E-state index in [1.54, 1.807) is 0 Å². The molecule has 0 aromatic heterocycles. The Hall–Kier alpha value is -1.29. The van der Waals surface area contributed by atoms with Gasteiger partial charge in [0.1, 0.15) is 5.75 Å². The van der Waals surface area contributed by atoms with E-state index in [0.29, 0.717) is 12.5 Å². The van der Waals surface area contributed by atoms with Crippen molar-refractivity contribution in [2.45, 2.75) is 38.3 Å². The van der Waals surface area contributed by atoms with Crippen molar-refractivity contribution in [2.24, 2.45) is 11.7 Å². The maximum absolute atomic E-state index is 10.6. The molecule has 4 heteroatoms. The molecular weight excluding hydrogens is 298 g/mol. The third-order valence-electron chi connectivity index (χ3n) is 4.56. The summed E-state index contributed by atoms with van der Waals surface area (Å²) in [6.07, 6.45) is 2.85. The molecule has 0 aliphatic heterocycles. The predicted octanol–water partition coefficient (Wildman–Crippen LogP) is 3.82. The molecule has 3 rings (SSSR count). The smallest absolute Gasteiger partial charge is 0.124 e. The van der Waals surface area contributed by atoms with Gasteiger partial charge in [-0.3, -0.25) is 0 Å². The van der Waals surface area contributed by atoms with Crippen molar-refractivity contribution >= 4 is 23.2 Å². The van der Waals surface area contributed by atoms with E-state index in [-0.39, 0.29) is 12.4 Å². The molecule has 2 aromatic carbocycles. The molecule has 0 saturated heterocycles. The van der Waals surface area contributed by atoms with Crippen LogP contribution in [-0.4, -0.2) is 17.8 Å². The summed E-state index contributed by atoms with van der Waals surface area (Å²) in [6.45, 7) is 2.56. The molecule has 0 spiro atoms. The number of ether oxygens (including phenoxy) is 1. The van der Waals surface area contributed by atoms with Gasteiger partial charge in [0, 0.05) is 5.56 Å². The lowest BCUT2D eigenvalue weighted by Gasteiger charge is -2.34. The zero-order valence-electron chi connectivity index (χ0n) is 12.9. The first kappa shape index (κ1) is 17.1. The van der Waals surface area contributed by atoms with Gasteiger partial charge < -0.3 is 15.6 Å². The van der Waals surface area contributed by atoms with E-state index in [9.17, 15) is 5.11 Å². The van der Waals surface area contributed by atoms with Crippen molar-refractivity contribution in [1.82, 2.24) is 0 Å². The van der Waals surface area contributed by atoms with Crippen LogP contribution in [0.5, 0.6) is 5.75 Å². The van der Waals surface area contributed by atoms with Crippen LogP contribution in [0.1, 0.15) is 37.8 Å². The summed E-state index contributed by atoms with van der Waals surface area (Å²) >= 11 is 0. The summed E-state index contributed by atoms with van der Waals surface area (Å²) in [5.41, 5.74) is 7.36. The summed E-state index contributed by atoms with van der Waals surface area (Å²) in [5, 5.41) is 12.8. The molecule has 1 aliphatic rings. The number of aliphatic hydroxyl groups is 1. The zero-order chi connectivity index (χ0) is 14.8. The molecule has 1 aliphatic carbocycles. The second kappa shape index (κ2) is 7.32. The van der Waals surface area contributed by atoms with E-state index >= 15 is 0 Å². The minimum absolute atomic E-state index is 0. The highest BCUT2D eigenvalue weighted by molar-refractivity contribution is 5.88. The van der Waals surface area contributed by atoms with Gasteiger partial charge in [0.25, 0.3) is 0 Å². The van der Waals surface area contributed by atoms with Gasteiger partial charge in [0.05, 0.1) is 18.8 Å². The first-order chi connectivity index (χ1) is 10.2. The van der Waals surface area contributed by atoms with Crippen LogP contribution in [-0.2, 0) is 0 Å². The van der Waals surface area contributed by atoms with Crippen LogP contribution in [0.2, 0.25) is 0 Å². The van der Waals surface area contributed by atoms with Crippen molar-refractivity contribution < 1.29 is 9.84 Å². The number of benzene rings is 2. The highest BCUT2D eigenvalue weighted by Gasteiger charge is 2.32. The van der Waals surface area contributed by atoms with Gasteiger partial charge in [-0.1, -0.05) is 36.8 Å². The fraction of sp³-hybridized carbons (Fsp3) is 0.444. The maximum atomic E-state index is 10.6. The highest BCUT2D eigenvalue weighted by atomic mass is 35.5. The van der Waals surface area contributed by atoms with E-state index < -0.39 is 12.1 Å². The molecule has 0 radical (unpaired) electrons. The summed E-state index contributed by atoms with van der Waals surface area (Å²) in [4.78, 5) is 0. The van der Waals surface area contributed by atoms with Crippen LogP contribution in [0.25, 0.3) is 10.8 Å². The summed E-state index contributed by atoms with van der Waals surface area (Å²) in [5.74, 6) is 1.12. The Morgan fingerprint density at radius 3 is 2.59 bits per heavy atom. The van der Waals surface area contributed by atoms with Gasteiger partial charge in [0.15, 0.2) is 0 Å². The lowest BCUT2D eigenvalue weighted by molar-refractivity contribution is 0.0410. The molecule has 3 N–H and O–H groups in total. The number of rotatable bonds is 5. The molecule has 0 amide bonds. The van der Waals surface area contributed by atoms with Crippen LogP contribution in [0.4, 0.5) is 0 Å². The Bertz CT molecular complexity index is 628. The fourth-order valence-corrected chi connectivity index (χ4v) is 3.15. The van der Waals surface area contributed by atoms with Crippen LogP contribution >= 0.6 is 12.4 Å². The van der Waals surface area contributed by atoms with E-state index in [0.717, 1.165) is 34.9 Å².